The summed E-state index contributed by atoms with van der Waals surface area (Å²) in [5, 5.41) is 3.84. The van der Waals surface area contributed by atoms with Crippen LogP contribution in [0.4, 0.5) is 0 Å². The van der Waals surface area contributed by atoms with Gasteiger partial charge in [0.05, 0.1) is 0 Å². The molecule has 0 amide bonds. The van der Waals surface area contributed by atoms with E-state index < -0.39 is 0 Å². The van der Waals surface area contributed by atoms with Gasteiger partial charge in [-0.25, -0.2) is 0 Å². The summed E-state index contributed by atoms with van der Waals surface area (Å²) in [6.07, 6.45) is 4.43. The third-order valence-electron chi connectivity index (χ3n) is 4.20. The van der Waals surface area contributed by atoms with Gasteiger partial charge in [0.1, 0.15) is 0 Å². The van der Waals surface area contributed by atoms with Crippen LogP contribution in [0.3, 0.4) is 0 Å². The van der Waals surface area contributed by atoms with Crippen molar-refractivity contribution in [3.63, 3.8) is 0 Å². The number of fused-ring (bicyclic) bond motifs is 2. The van der Waals surface area contributed by atoms with E-state index in [4.69, 9.17) is 0 Å². The fraction of sp³-hybridized carbons (Fsp3) is 0.0476. The zero-order valence-corrected chi connectivity index (χ0v) is 12.5. The predicted octanol–water partition coefficient (Wildman–Crippen LogP) is 5.80. The molecular formula is C21H17N. The lowest BCUT2D eigenvalue weighted by atomic mass is 10.0. The SMILES string of the molecule is Cc1[nH]c2ccccc2c1/C=C/c1cccc2ccccc12. The molecule has 0 saturated heterocycles. The molecule has 0 spiro atoms. The first kappa shape index (κ1) is 12.9. The first-order valence-electron chi connectivity index (χ1n) is 7.56. The monoisotopic (exact) mass is 283 g/mol. The third kappa shape index (κ3) is 2.11. The number of H-pyrrole nitrogens is 1. The van der Waals surface area contributed by atoms with Crippen molar-refractivity contribution >= 4 is 33.8 Å². The Labute approximate surface area is 129 Å². The summed E-state index contributed by atoms with van der Waals surface area (Å²) in [6, 6.07) is 23.4. The number of nitrogens with one attached hydrogen (secondary N) is 1. The van der Waals surface area contributed by atoms with Gasteiger partial charge in [0.25, 0.3) is 0 Å². The summed E-state index contributed by atoms with van der Waals surface area (Å²) in [6.45, 7) is 2.13. The van der Waals surface area contributed by atoms with Crippen molar-refractivity contribution in [2.75, 3.05) is 0 Å². The number of aryl methyl sites for hydroxylation is 1. The molecule has 1 nitrogen and oxygen atoms in total. The van der Waals surface area contributed by atoms with E-state index in [0.29, 0.717) is 0 Å². The van der Waals surface area contributed by atoms with E-state index in [0.717, 1.165) is 0 Å². The topological polar surface area (TPSA) is 15.8 Å². The lowest BCUT2D eigenvalue weighted by Gasteiger charge is -2.02. The molecule has 0 fully saturated rings. The van der Waals surface area contributed by atoms with E-state index in [9.17, 15) is 0 Å². The molecule has 0 saturated carbocycles. The van der Waals surface area contributed by atoms with Gasteiger partial charge in [-0.1, -0.05) is 72.8 Å². The minimum atomic E-state index is 1.19. The maximum absolute atomic E-state index is 3.45. The summed E-state index contributed by atoms with van der Waals surface area (Å²) in [4.78, 5) is 3.45. The lowest BCUT2D eigenvalue weighted by molar-refractivity contribution is 1.29. The van der Waals surface area contributed by atoms with Gasteiger partial charge in [-0.3, -0.25) is 0 Å². The Morgan fingerprint density at radius 2 is 1.45 bits per heavy atom. The summed E-state index contributed by atoms with van der Waals surface area (Å²) >= 11 is 0. The first-order valence-corrected chi connectivity index (χ1v) is 7.56. The van der Waals surface area contributed by atoms with Gasteiger partial charge >= 0.3 is 0 Å². The zero-order chi connectivity index (χ0) is 14.9. The fourth-order valence-corrected chi connectivity index (χ4v) is 3.08. The second-order valence-corrected chi connectivity index (χ2v) is 5.61. The van der Waals surface area contributed by atoms with Crippen molar-refractivity contribution in [2.24, 2.45) is 0 Å². The standard InChI is InChI=1S/C21H17N/c1-15-18(20-11-4-5-12-21(20)22-15)14-13-17-9-6-8-16-7-2-3-10-19(16)17/h2-14,22H,1H3/b14-13+. The number of rotatable bonds is 2. The fourth-order valence-electron chi connectivity index (χ4n) is 3.08. The van der Waals surface area contributed by atoms with Crippen molar-refractivity contribution < 1.29 is 0 Å². The molecule has 3 aromatic carbocycles. The van der Waals surface area contributed by atoms with E-state index in [1.54, 1.807) is 0 Å². The highest BCUT2D eigenvalue weighted by Gasteiger charge is 2.04. The van der Waals surface area contributed by atoms with Gasteiger partial charge in [-0.15, -0.1) is 0 Å². The summed E-state index contributed by atoms with van der Waals surface area (Å²) < 4.78 is 0. The quantitative estimate of drug-likeness (QED) is 0.478. The Hall–Kier alpha value is -2.80. The minimum Gasteiger partial charge on any atom is -0.358 e. The molecule has 1 heteroatoms. The maximum atomic E-state index is 3.45. The van der Waals surface area contributed by atoms with Crippen LogP contribution in [0.2, 0.25) is 0 Å². The molecule has 1 heterocycles. The average molecular weight is 283 g/mol. The third-order valence-corrected chi connectivity index (χ3v) is 4.20. The van der Waals surface area contributed by atoms with E-state index in [1.165, 1.54) is 38.5 Å². The molecule has 0 unspecified atom stereocenters. The molecule has 0 atom stereocenters. The van der Waals surface area contributed by atoms with E-state index in [1.807, 2.05) is 0 Å². The number of aromatic nitrogens is 1. The van der Waals surface area contributed by atoms with E-state index in [2.05, 4.69) is 90.8 Å². The van der Waals surface area contributed by atoms with Crippen LogP contribution in [0.15, 0.2) is 66.7 Å². The van der Waals surface area contributed by atoms with Crippen LogP contribution >= 0.6 is 0 Å². The highest BCUT2D eigenvalue weighted by atomic mass is 14.7. The van der Waals surface area contributed by atoms with Crippen molar-refractivity contribution in [2.45, 2.75) is 6.92 Å². The zero-order valence-electron chi connectivity index (χ0n) is 12.5. The number of aromatic amines is 1. The Morgan fingerprint density at radius 3 is 2.36 bits per heavy atom. The molecule has 1 aromatic heterocycles. The van der Waals surface area contributed by atoms with Gasteiger partial charge in [0.2, 0.25) is 0 Å². The van der Waals surface area contributed by atoms with E-state index >= 15 is 0 Å². The molecule has 0 aliphatic rings. The van der Waals surface area contributed by atoms with Crippen LogP contribution in [0, 0.1) is 6.92 Å². The number of hydrogen-bond acceptors (Lipinski definition) is 0. The van der Waals surface area contributed by atoms with Gasteiger partial charge < -0.3 is 4.98 Å². The molecule has 1 N–H and O–H groups in total. The Kier molecular flexibility index (Phi) is 3.05. The molecule has 0 aliphatic heterocycles. The Balaban J connectivity index is 1.84. The Morgan fingerprint density at radius 1 is 0.727 bits per heavy atom. The largest absolute Gasteiger partial charge is 0.358 e. The molecule has 22 heavy (non-hydrogen) atoms. The molecule has 0 radical (unpaired) electrons. The molecule has 4 aromatic rings. The van der Waals surface area contributed by atoms with Crippen molar-refractivity contribution in [3.8, 4) is 0 Å². The molecule has 4 rings (SSSR count). The van der Waals surface area contributed by atoms with Crippen LogP contribution in [0.5, 0.6) is 0 Å². The van der Waals surface area contributed by atoms with Crippen molar-refractivity contribution in [3.05, 3.63) is 83.6 Å². The van der Waals surface area contributed by atoms with Crippen LogP contribution in [0.1, 0.15) is 16.8 Å². The van der Waals surface area contributed by atoms with Crippen LogP contribution in [-0.2, 0) is 0 Å². The molecule has 0 aliphatic carbocycles. The summed E-state index contributed by atoms with van der Waals surface area (Å²) in [7, 11) is 0. The van der Waals surface area contributed by atoms with E-state index in [-0.39, 0.29) is 0 Å². The number of benzene rings is 3. The van der Waals surface area contributed by atoms with Crippen molar-refractivity contribution in [1.29, 1.82) is 0 Å². The lowest BCUT2D eigenvalue weighted by Crippen LogP contribution is -1.78. The second-order valence-electron chi connectivity index (χ2n) is 5.61. The summed E-state index contributed by atoms with van der Waals surface area (Å²) in [5.41, 5.74) is 4.92. The van der Waals surface area contributed by atoms with Gasteiger partial charge in [0, 0.05) is 22.2 Å². The molecule has 106 valence electrons. The molecular weight excluding hydrogens is 266 g/mol. The number of hydrogen-bond donors (Lipinski definition) is 1. The van der Waals surface area contributed by atoms with Crippen molar-refractivity contribution in [1.82, 2.24) is 4.98 Å². The smallest absolute Gasteiger partial charge is 0.0462 e. The minimum absolute atomic E-state index is 1.19. The average Bonchev–Trinajstić information content (AvgIpc) is 2.88. The highest BCUT2D eigenvalue weighted by molar-refractivity contribution is 5.97. The summed E-state index contributed by atoms with van der Waals surface area (Å²) in [5.74, 6) is 0. The highest BCUT2D eigenvalue weighted by Crippen LogP contribution is 2.25. The maximum Gasteiger partial charge on any atom is 0.0462 e. The normalized spacial score (nSPS) is 11.7. The van der Waals surface area contributed by atoms with Crippen LogP contribution < -0.4 is 0 Å². The van der Waals surface area contributed by atoms with Gasteiger partial charge in [0.15, 0.2) is 0 Å². The van der Waals surface area contributed by atoms with Gasteiger partial charge in [-0.2, -0.15) is 0 Å². The second kappa shape index (κ2) is 5.19. The number of para-hydroxylation sites is 1. The van der Waals surface area contributed by atoms with Crippen LogP contribution in [-0.4, -0.2) is 4.98 Å². The first-order chi connectivity index (χ1) is 10.8. The van der Waals surface area contributed by atoms with Gasteiger partial charge in [-0.05, 0) is 29.3 Å². The predicted molar refractivity (Wildman–Crippen MR) is 95.9 cm³/mol. The Bertz CT molecular complexity index is 984. The molecule has 0 bridgehead atoms. The van der Waals surface area contributed by atoms with Crippen LogP contribution in [0.25, 0.3) is 33.8 Å².